The number of ether oxygens (including phenoxy) is 1. The Morgan fingerprint density at radius 2 is 1.89 bits per heavy atom. The number of benzene rings is 1. The lowest BCUT2D eigenvalue weighted by atomic mass is 9.83. The number of nitrogens with one attached hydrogen (secondary N) is 1. The van der Waals surface area contributed by atoms with Gasteiger partial charge in [0, 0.05) is 19.5 Å². The third kappa shape index (κ3) is 5.02. The third-order valence-corrected chi connectivity index (χ3v) is 4.87. The SMILES string of the molecule is COC(=O)CC(C)NC(=O)C1CCC(=O)N(C)C1c1ccc(C(F)(F)F)cc1. The molecule has 28 heavy (non-hydrogen) atoms. The van der Waals surface area contributed by atoms with Gasteiger partial charge in [0.05, 0.1) is 31.1 Å². The molecule has 1 aromatic rings. The van der Waals surface area contributed by atoms with Crippen LogP contribution in [0.25, 0.3) is 0 Å². The molecule has 9 heteroatoms. The first-order valence-electron chi connectivity index (χ1n) is 8.84. The van der Waals surface area contributed by atoms with E-state index in [1.54, 1.807) is 6.92 Å². The first-order chi connectivity index (χ1) is 13.0. The van der Waals surface area contributed by atoms with E-state index in [0.717, 1.165) is 12.1 Å². The van der Waals surface area contributed by atoms with Crippen LogP contribution in [0.4, 0.5) is 13.2 Å². The van der Waals surface area contributed by atoms with Gasteiger partial charge in [-0.3, -0.25) is 14.4 Å². The molecule has 2 rings (SSSR count). The van der Waals surface area contributed by atoms with Crippen LogP contribution in [0.5, 0.6) is 0 Å². The quantitative estimate of drug-likeness (QED) is 0.771. The van der Waals surface area contributed by atoms with Gasteiger partial charge in [-0.2, -0.15) is 13.2 Å². The molecule has 2 amide bonds. The average molecular weight is 400 g/mol. The van der Waals surface area contributed by atoms with Crippen molar-refractivity contribution in [1.82, 2.24) is 10.2 Å². The predicted octanol–water partition coefficient (Wildman–Crippen LogP) is 2.68. The minimum absolute atomic E-state index is 0.00528. The number of methoxy groups -OCH3 is 1. The zero-order valence-corrected chi connectivity index (χ0v) is 15.9. The molecule has 0 radical (unpaired) electrons. The van der Waals surface area contributed by atoms with Crippen molar-refractivity contribution in [2.75, 3.05) is 14.2 Å². The summed E-state index contributed by atoms with van der Waals surface area (Å²) < 4.78 is 43.0. The lowest BCUT2D eigenvalue weighted by Gasteiger charge is -2.39. The van der Waals surface area contributed by atoms with E-state index >= 15 is 0 Å². The lowest BCUT2D eigenvalue weighted by Crippen LogP contribution is -2.48. The monoisotopic (exact) mass is 400 g/mol. The Hall–Kier alpha value is -2.58. The summed E-state index contributed by atoms with van der Waals surface area (Å²) in [6.07, 6.45) is -4.04. The van der Waals surface area contributed by atoms with E-state index in [0.29, 0.717) is 5.56 Å². The van der Waals surface area contributed by atoms with Gasteiger partial charge in [0.15, 0.2) is 0 Å². The van der Waals surface area contributed by atoms with E-state index in [1.807, 2.05) is 0 Å². The molecule has 6 nitrogen and oxygen atoms in total. The number of hydrogen-bond donors (Lipinski definition) is 1. The van der Waals surface area contributed by atoms with Crippen LogP contribution in [0.1, 0.15) is 43.4 Å². The molecule has 0 spiro atoms. The molecule has 0 aliphatic carbocycles. The van der Waals surface area contributed by atoms with Crippen LogP contribution in [0.2, 0.25) is 0 Å². The summed E-state index contributed by atoms with van der Waals surface area (Å²) in [5, 5.41) is 2.73. The molecule has 0 aromatic heterocycles. The zero-order valence-electron chi connectivity index (χ0n) is 15.9. The van der Waals surface area contributed by atoms with Crippen LogP contribution in [-0.2, 0) is 25.3 Å². The Bertz CT molecular complexity index is 734. The van der Waals surface area contributed by atoms with E-state index in [1.165, 1.54) is 31.2 Å². The molecule has 1 saturated heterocycles. The van der Waals surface area contributed by atoms with E-state index in [4.69, 9.17) is 0 Å². The van der Waals surface area contributed by atoms with Gasteiger partial charge in [0.25, 0.3) is 0 Å². The van der Waals surface area contributed by atoms with E-state index in [9.17, 15) is 27.6 Å². The Labute approximate surface area is 161 Å². The molecule has 3 atom stereocenters. The van der Waals surface area contributed by atoms with Gasteiger partial charge in [0.2, 0.25) is 11.8 Å². The second-order valence-electron chi connectivity index (χ2n) is 6.90. The van der Waals surface area contributed by atoms with Crippen LogP contribution in [-0.4, -0.2) is 42.9 Å². The minimum atomic E-state index is -4.47. The molecule has 1 N–H and O–H groups in total. The molecule has 1 aliphatic rings. The lowest BCUT2D eigenvalue weighted by molar-refractivity contribution is -0.143. The molecular weight excluding hydrogens is 377 g/mol. The van der Waals surface area contributed by atoms with Crippen molar-refractivity contribution in [3.8, 4) is 0 Å². The van der Waals surface area contributed by atoms with E-state index < -0.39 is 35.7 Å². The number of halogens is 3. The number of amides is 2. The Balaban J connectivity index is 2.23. The molecule has 0 saturated carbocycles. The number of carbonyl (C=O) groups is 3. The summed E-state index contributed by atoms with van der Waals surface area (Å²) in [5.74, 6) is -1.65. The van der Waals surface area contributed by atoms with Crippen LogP contribution >= 0.6 is 0 Å². The van der Waals surface area contributed by atoms with Crippen LogP contribution < -0.4 is 5.32 Å². The minimum Gasteiger partial charge on any atom is -0.469 e. The van der Waals surface area contributed by atoms with Crippen LogP contribution in [0.3, 0.4) is 0 Å². The average Bonchev–Trinajstić information content (AvgIpc) is 2.62. The highest BCUT2D eigenvalue weighted by atomic mass is 19.4. The highest BCUT2D eigenvalue weighted by Gasteiger charge is 2.39. The first-order valence-corrected chi connectivity index (χ1v) is 8.84. The standard InChI is InChI=1S/C19H23F3N2O4/c1-11(10-16(26)28-3)23-18(27)14-8-9-15(25)24(2)17(14)12-4-6-13(7-5-12)19(20,21)22/h4-7,11,14,17H,8-10H2,1-3H3,(H,23,27). The first kappa shape index (κ1) is 21.7. The number of rotatable bonds is 5. The van der Waals surface area contributed by atoms with Crippen LogP contribution in [0, 0.1) is 5.92 Å². The number of alkyl halides is 3. The highest BCUT2D eigenvalue weighted by molar-refractivity contribution is 5.85. The topological polar surface area (TPSA) is 75.7 Å². The van der Waals surface area contributed by atoms with Gasteiger partial charge in [-0.15, -0.1) is 0 Å². The number of piperidine rings is 1. The summed E-state index contributed by atoms with van der Waals surface area (Å²) in [5.41, 5.74) is -0.349. The second kappa shape index (κ2) is 8.62. The van der Waals surface area contributed by atoms with Crippen LogP contribution in [0.15, 0.2) is 24.3 Å². The second-order valence-corrected chi connectivity index (χ2v) is 6.90. The maximum Gasteiger partial charge on any atom is 0.416 e. The number of esters is 1. The Kier molecular flexibility index (Phi) is 6.69. The molecule has 1 fully saturated rings. The fraction of sp³-hybridized carbons (Fsp3) is 0.526. The fourth-order valence-electron chi connectivity index (χ4n) is 3.37. The predicted molar refractivity (Wildman–Crippen MR) is 93.9 cm³/mol. The summed E-state index contributed by atoms with van der Waals surface area (Å²) in [7, 11) is 2.78. The molecule has 154 valence electrons. The molecule has 1 aliphatic heterocycles. The van der Waals surface area contributed by atoms with Crippen molar-refractivity contribution in [2.24, 2.45) is 5.92 Å². The molecule has 0 bridgehead atoms. The highest BCUT2D eigenvalue weighted by Crippen LogP contribution is 2.37. The maximum atomic E-state index is 12.8. The smallest absolute Gasteiger partial charge is 0.416 e. The van der Waals surface area contributed by atoms with Gasteiger partial charge < -0.3 is 15.0 Å². The van der Waals surface area contributed by atoms with Crippen molar-refractivity contribution < 1.29 is 32.3 Å². The van der Waals surface area contributed by atoms with Gasteiger partial charge >= 0.3 is 12.1 Å². The van der Waals surface area contributed by atoms with Gasteiger partial charge in [0.1, 0.15) is 0 Å². The maximum absolute atomic E-state index is 12.8. The molecule has 3 unspecified atom stereocenters. The molecule has 1 aromatic carbocycles. The Morgan fingerprint density at radius 3 is 2.43 bits per heavy atom. The fourth-order valence-corrected chi connectivity index (χ4v) is 3.37. The van der Waals surface area contributed by atoms with E-state index in [-0.39, 0.29) is 31.1 Å². The summed E-state index contributed by atoms with van der Waals surface area (Å²) >= 11 is 0. The normalized spacial score (nSPS) is 21.2. The number of hydrogen-bond acceptors (Lipinski definition) is 4. The van der Waals surface area contributed by atoms with Crippen molar-refractivity contribution in [1.29, 1.82) is 0 Å². The summed E-state index contributed by atoms with van der Waals surface area (Å²) in [4.78, 5) is 37.6. The third-order valence-electron chi connectivity index (χ3n) is 4.87. The number of nitrogens with zero attached hydrogens (tertiary/aromatic N) is 1. The van der Waals surface area contributed by atoms with Gasteiger partial charge in [-0.25, -0.2) is 0 Å². The van der Waals surface area contributed by atoms with E-state index in [2.05, 4.69) is 10.1 Å². The Morgan fingerprint density at radius 1 is 1.29 bits per heavy atom. The van der Waals surface area contributed by atoms with Gasteiger partial charge in [-0.1, -0.05) is 12.1 Å². The molecule has 1 heterocycles. The van der Waals surface area contributed by atoms with Crippen molar-refractivity contribution in [2.45, 2.75) is 44.4 Å². The number of carbonyl (C=O) groups excluding carboxylic acids is 3. The van der Waals surface area contributed by atoms with Crippen molar-refractivity contribution >= 4 is 17.8 Å². The zero-order chi connectivity index (χ0) is 21.1. The summed E-state index contributed by atoms with van der Waals surface area (Å²) in [6.45, 7) is 1.65. The summed E-state index contributed by atoms with van der Waals surface area (Å²) in [6, 6.07) is 3.31. The van der Waals surface area contributed by atoms with Gasteiger partial charge in [-0.05, 0) is 31.0 Å². The molecular formula is C19H23F3N2O4. The van der Waals surface area contributed by atoms with Crippen molar-refractivity contribution in [3.05, 3.63) is 35.4 Å². The largest absolute Gasteiger partial charge is 0.469 e. The van der Waals surface area contributed by atoms with Crippen molar-refractivity contribution in [3.63, 3.8) is 0 Å². The number of likely N-dealkylation sites (tertiary alicyclic amines) is 1.